The SMILES string of the molecule is O=[N+]([O-])c1ccc([O-])c(C=NCC23CC4CC(CC(C4)C2)C3)c1. The molecule has 0 spiro atoms. The van der Waals surface area contributed by atoms with Gasteiger partial charge in [0, 0.05) is 24.9 Å². The smallest absolute Gasteiger partial charge is 0.270 e. The summed E-state index contributed by atoms with van der Waals surface area (Å²) in [6.45, 7) is 0.763. The molecule has 4 fully saturated rings. The molecule has 5 rings (SSSR count). The van der Waals surface area contributed by atoms with Crippen LogP contribution in [-0.2, 0) is 0 Å². The van der Waals surface area contributed by atoms with Crippen molar-refractivity contribution in [2.75, 3.05) is 6.54 Å². The second-order valence-electron chi connectivity index (χ2n) is 7.87. The maximum absolute atomic E-state index is 11.8. The van der Waals surface area contributed by atoms with Gasteiger partial charge in [-0.05, 0) is 67.3 Å². The molecule has 1 aromatic rings. The number of nitro groups is 1. The molecule has 0 radical (unpaired) electrons. The zero-order valence-electron chi connectivity index (χ0n) is 13.1. The molecule has 0 amide bonds. The van der Waals surface area contributed by atoms with Crippen LogP contribution in [0.3, 0.4) is 0 Å². The van der Waals surface area contributed by atoms with Gasteiger partial charge in [0.25, 0.3) is 5.69 Å². The van der Waals surface area contributed by atoms with Gasteiger partial charge in [-0.15, -0.1) is 0 Å². The van der Waals surface area contributed by atoms with Gasteiger partial charge in [-0.25, -0.2) is 0 Å². The quantitative estimate of drug-likeness (QED) is 0.486. The van der Waals surface area contributed by atoms with Crippen LogP contribution in [0.1, 0.15) is 44.1 Å². The van der Waals surface area contributed by atoms with Crippen molar-refractivity contribution in [2.24, 2.45) is 28.2 Å². The summed E-state index contributed by atoms with van der Waals surface area (Å²) in [7, 11) is 0. The monoisotopic (exact) mass is 313 g/mol. The van der Waals surface area contributed by atoms with Gasteiger partial charge in [-0.3, -0.25) is 15.1 Å². The van der Waals surface area contributed by atoms with Crippen LogP contribution in [0.25, 0.3) is 0 Å². The van der Waals surface area contributed by atoms with Crippen molar-refractivity contribution in [1.82, 2.24) is 0 Å². The summed E-state index contributed by atoms with van der Waals surface area (Å²) in [5, 5.41) is 22.7. The Morgan fingerprint density at radius 1 is 1.17 bits per heavy atom. The molecule has 0 aromatic heterocycles. The van der Waals surface area contributed by atoms with E-state index >= 15 is 0 Å². The molecule has 0 aliphatic heterocycles. The average molecular weight is 313 g/mol. The van der Waals surface area contributed by atoms with Crippen LogP contribution in [-0.4, -0.2) is 17.7 Å². The number of nitro benzene ring substituents is 1. The maximum Gasteiger partial charge on any atom is 0.270 e. The van der Waals surface area contributed by atoms with E-state index < -0.39 is 4.92 Å². The molecule has 1 aromatic carbocycles. The average Bonchev–Trinajstić information content (AvgIpc) is 2.47. The minimum Gasteiger partial charge on any atom is -0.872 e. The summed E-state index contributed by atoms with van der Waals surface area (Å²) < 4.78 is 0. The second-order valence-corrected chi connectivity index (χ2v) is 7.87. The summed E-state index contributed by atoms with van der Waals surface area (Å²) in [6, 6.07) is 3.83. The van der Waals surface area contributed by atoms with Gasteiger partial charge in [0.05, 0.1) is 4.92 Å². The lowest BCUT2D eigenvalue weighted by Crippen LogP contribution is -2.47. The van der Waals surface area contributed by atoms with Gasteiger partial charge in [-0.2, -0.15) is 0 Å². The van der Waals surface area contributed by atoms with Crippen LogP contribution in [0.2, 0.25) is 0 Å². The second kappa shape index (κ2) is 5.32. The van der Waals surface area contributed by atoms with E-state index in [-0.39, 0.29) is 11.4 Å². The van der Waals surface area contributed by atoms with Gasteiger partial charge in [-0.1, -0.05) is 11.8 Å². The van der Waals surface area contributed by atoms with Crippen LogP contribution in [0.5, 0.6) is 5.75 Å². The summed E-state index contributed by atoms with van der Waals surface area (Å²) in [5.74, 6) is 2.43. The number of benzene rings is 1. The number of aliphatic imine (C=N–C) groups is 1. The number of hydrogen-bond donors (Lipinski definition) is 0. The molecule has 5 heteroatoms. The zero-order valence-corrected chi connectivity index (χ0v) is 13.1. The van der Waals surface area contributed by atoms with Crippen LogP contribution in [0, 0.1) is 33.3 Å². The number of hydrogen-bond acceptors (Lipinski definition) is 4. The van der Waals surface area contributed by atoms with Crippen molar-refractivity contribution in [3.8, 4) is 5.75 Å². The van der Waals surface area contributed by atoms with Crippen molar-refractivity contribution < 1.29 is 10.0 Å². The van der Waals surface area contributed by atoms with Crippen molar-refractivity contribution in [3.63, 3.8) is 0 Å². The van der Waals surface area contributed by atoms with E-state index in [2.05, 4.69) is 4.99 Å². The summed E-state index contributed by atoms with van der Waals surface area (Å²) in [5.41, 5.74) is 0.597. The third-order valence-corrected chi connectivity index (χ3v) is 6.03. The van der Waals surface area contributed by atoms with Crippen LogP contribution >= 0.6 is 0 Å². The summed E-state index contributed by atoms with van der Waals surface area (Å²) >= 11 is 0. The Bertz CT molecular complexity index is 633. The van der Waals surface area contributed by atoms with Crippen molar-refractivity contribution in [2.45, 2.75) is 38.5 Å². The normalized spacial score (nSPS) is 35.0. The highest BCUT2D eigenvalue weighted by Crippen LogP contribution is 2.60. The molecule has 23 heavy (non-hydrogen) atoms. The van der Waals surface area contributed by atoms with Gasteiger partial charge >= 0.3 is 0 Å². The topological polar surface area (TPSA) is 78.6 Å². The van der Waals surface area contributed by atoms with Gasteiger partial charge in [0.2, 0.25) is 0 Å². The van der Waals surface area contributed by atoms with Gasteiger partial charge in [0.15, 0.2) is 0 Å². The molecule has 0 N–H and O–H groups in total. The number of non-ortho nitro benzene ring substituents is 1. The fourth-order valence-electron chi connectivity index (χ4n) is 5.57. The largest absolute Gasteiger partial charge is 0.872 e. The zero-order chi connectivity index (χ0) is 16.0. The van der Waals surface area contributed by atoms with E-state index in [9.17, 15) is 15.2 Å². The molecule has 4 aliphatic carbocycles. The first-order chi connectivity index (χ1) is 11.0. The van der Waals surface area contributed by atoms with E-state index in [0.29, 0.717) is 11.0 Å². The molecule has 4 bridgehead atoms. The number of nitrogens with zero attached hydrogens (tertiary/aromatic N) is 2. The Kier molecular flexibility index (Phi) is 3.39. The fourth-order valence-corrected chi connectivity index (χ4v) is 5.57. The number of rotatable bonds is 4. The van der Waals surface area contributed by atoms with Crippen LogP contribution < -0.4 is 5.11 Å². The first-order valence-corrected chi connectivity index (χ1v) is 8.48. The summed E-state index contributed by atoms with van der Waals surface area (Å²) in [4.78, 5) is 14.9. The third kappa shape index (κ3) is 2.73. The molecular weight excluding hydrogens is 292 g/mol. The predicted octanol–water partition coefficient (Wildman–Crippen LogP) is 3.30. The summed E-state index contributed by atoms with van der Waals surface area (Å²) in [6.07, 6.45) is 9.57. The van der Waals surface area contributed by atoms with Crippen LogP contribution in [0.15, 0.2) is 23.2 Å². The van der Waals surface area contributed by atoms with Crippen molar-refractivity contribution in [3.05, 3.63) is 33.9 Å². The molecule has 4 aliphatic rings. The maximum atomic E-state index is 11.8. The van der Waals surface area contributed by atoms with Crippen LogP contribution in [0.4, 0.5) is 5.69 Å². The minimum absolute atomic E-state index is 0.0548. The van der Waals surface area contributed by atoms with Crippen molar-refractivity contribution in [1.29, 1.82) is 0 Å². The lowest BCUT2D eigenvalue weighted by molar-refractivity contribution is -0.385. The molecule has 0 atom stereocenters. The Morgan fingerprint density at radius 2 is 1.78 bits per heavy atom. The predicted molar refractivity (Wildman–Crippen MR) is 85.6 cm³/mol. The molecule has 4 saturated carbocycles. The minimum atomic E-state index is -0.476. The first-order valence-electron chi connectivity index (χ1n) is 8.48. The van der Waals surface area contributed by atoms with E-state index in [1.807, 2.05) is 0 Å². The highest BCUT2D eigenvalue weighted by atomic mass is 16.6. The molecular formula is C18H21N2O3-. The lowest BCUT2D eigenvalue weighted by Gasteiger charge is -2.56. The lowest BCUT2D eigenvalue weighted by atomic mass is 9.49. The van der Waals surface area contributed by atoms with E-state index in [0.717, 1.165) is 24.3 Å². The Morgan fingerprint density at radius 3 is 2.35 bits per heavy atom. The van der Waals surface area contributed by atoms with Crippen molar-refractivity contribution >= 4 is 11.9 Å². The fraction of sp³-hybridized carbons (Fsp3) is 0.611. The molecule has 0 heterocycles. The molecule has 122 valence electrons. The third-order valence-electron chi connectivity index (χ3n) is 6.03. The molecule has 0 unspecified atom stereocenters. The molecule has 0 saturated heterocycles. The van der Waals surface area contributed by atoms with Gasteiger partial charge in [0.1, 0.15) is 0 Å². The Labute approximate surface area is 135 Å². The Hall–Kier alpha value is -1.91. The van der Waals surface area contributed by atoms with Gasteiger partial charge < -0.3 is 5.11 Å². The van der Waals surface area contributed by atoms with E-state index in [4.69, 9.17) is 0 Å². The van der Waals surface area contributed by atoms with E-state index in [1.54, 1.807) is 6.21 Å². The standard InChI is InChI=1S/C18H22N2O3/c21-17-2-1-16(20(22)23)6-15(17)10-19-11-18-7-12-3-13(8-18)5-14(4-12)9-18/h1-2,6,10,12-14,21H,3-5,7-9,11H2/p-1. The first kappa shape index (κ1) is 14.7. The highest BCUT2D eigenvalue weighted by Gasteiger charge is 2.50. The highest BCUT2D eigenvalue weighted by molar-refractivity contribution is 5.84. The Balaban J connectivity index is 1.50. The molecule has 5 nitrogen and oxygen atoms in total. The van der Waals surface area contributed by atoms with E-state index in [1.165, 1.54) is 56.7 Å².